The number of sulfonamides is 1. The van der Waals surface area contributed by atoms with Gasteiger partial charge in [-0.2, -0.15) is 0 Å². The summed E-state index contributed by atoms with van der Waals surface area (Å²) >= 11 is 0. The molecule has 2 rings (SSSR count). The van der Waals surface area contributed by atoms with Crippen LogP contribution in [0.1, 0.15) is 53.4 Å². The second kappa shape index (κ2) is 13.9. The summed E-state index contributed by atoms with van der Waals surface area (Å²) in [7, 11) is -3.28. The lowest BCUT2D eigenvalue weighted by molar-refractivity contribution is -0.120. The van der Waals surface area contributed by atoms with Crippen LogP contribution in [-0.2, 0) is 24.3 Å². The Morgan fingerprint density at radius 2 is 1.55 bits per heavy atom. The first-order valence-electron chi connectivity index (χ1n) is 12.1. The normalized spacial score (nSPS) is 18.9. The number of hydrogen-bond acceptors (Lipinski definition) is 6. The van der Waals surface area contributed by atoms with E-state index in [-0.39, 0.29) is 17.9 Å². The largest absolute Gasteiger partial charge is 0.380 e. The maximum atomic E-state index is 12.7. The zero-order valence-corrected chi connectivity index (χ0v) is 21.3. The lowest BCUT2D eigenvalue weighted by Crippen LogP contribution is -2.42. The summed E-state index contributed by atoms with van der Waals surface area (Å²) < 4.78 is 37.9. The van der Waals surface area contributed by atoms with Gasteiger partial charge in [0.1, 0.15) is 0 Å². The van der Waals surface area contributed by atoms with Crippen LogP contribution in [0.15, 0.2) is 24.3 Å². The minimum Gasteiger partial charge on any atom is -0.380 e. The van der Waals surface area contributed by atoms with E-state index in [2.05, 4.69) is 14.9 Å². The van der Waals surface area contributed by atoms with Crippen molar-refractivity contribution in [1.82, 2.24) is 4.72 Å². The second-order valence-electron chi connectivity index (χ2n) is 8.68. The summed E-state index contributed by atoms with van der Waals surface area (Å²) in [6, 6.07) is 7.77. The van der Waals surface area contributed by atoms with Gasteiger partial charge in [-0.25, -0.2) is 13.1 Å². The molecule has 188 valence electrons. The molecule has 0 saturated heterocycles. The highest BCUT2D eigenvalue weighted by atomic mass is 32.2. The molecule has 1 aliphatic rings. The van der Waals surface area contributed by atoms with Gasteiger partial charge in [-0.3, -0.25) is 4.79 Å². The third kappa shape index (κ3) is 9.23. The summed E-state index contributed by atoms with van der Waals surface area (Å²) in [6.07, 6.45) is 2.71. The zero-order valence-electron chi connectivity index (χ0n) is 20.5. The standard InChI is InChI=1S/C24H41N3O5S/c1-5-31-17-15-27(16-18-32-6-2)23-13-11-21(12-14-23)25-24(28)20-7-9-22(10-8-20)26-33(29,30)19(3)4/h11-14,19-20,22,26H,5-10,15-18H2,1-4H3,(H,25,28)/t20-,22-. The van der Waals surface area contributed by atoms with Crippen molar-refractivity contribution in [2.45, 2.75) is 64.7 Å². The number of carbonyl (C=O) groups is 1. The van der Waals surface area contributed by atoms with Gasteiger partial charge in [0.2, 0.25) is 15.9 Å². The van der Waals surface area contributed by atoms with Gasteiger partial charge in [-0.15, -0.1) is 0 Å². The Morgan fingerprint density at radius 3 is 2.03 bits per heavy atom. The molecule has 2 N–H and O–H groups in total. The number of hydrogen-bond donors (Lipinski definition) is 2. The number of ether oxygens (including phenoxy) is 2. The monoisotopic (exact) mass is 483 g/mol. The Bertz CT molecular complexity index is 796. The molecule has 0 spiro atoms. The molecule has 1 saturated carbocycles. The third-order valence-electron chi connectivity index (χ3n) is 5.97. The Kier molecular flexibility index (Phi) is 11.6. The average Bonchev–Trinajstić information content (AvgIpc) is 2.79. The lowest BCUT2D eigenvalue weighted by Gasteiger charge is -2.29. The number of carbonyl (C=O) groups excluding carboxylic acids is 1. The highest BCUT2D eigenvalue weighted by Crippen LogP contribution is 2.27. The van der Waals surface area contributed by atoms with Crippen LogP contribution in [-0.4, -0.2) is 65.1 Å². The number of anilines is 2. The molecule has 0 aliphatic heterocycles. The van der Waals surface area contributed by atoms with Crippen molar-refractivity contribution in [3.63, 3.8) is 0 Å². The quantitative estimate of drug-likeness (QED) is 0.394. The van der Waals surface area contributed by atoms with Gasteiger partial charge in [0.05, 0.1) is 18.5 Å². The predicted molar refractivity (Wildman–Crippen MR) is 133 cm³/mol. The number of nitrogens with one attached hydrogen (secondary N) is 2. The first kappa shape index (κ1) is 27.6. The highest BCUT2D eigenvalue weighted by molar-refractivity contribution is 7.90. The Labute approximate surface area is 199 Å². The van der Waals surface area contributed by atoms with E-state index in [0.29, 0.717) is 52.1 Å². The highest BCUT2D eigenvalue weighted by Gasteiger charge is 2.29. The molecule has 1 amide bonds. The fourth-order valence-corrected chi connectivity index (χ4v) is 4.82. The van der Waals surface area contributed by atoms with Gasteiger partial charge in [0.15, 0.2) is 0 Å². The fraction of sp³-hybridized carbons (Fsp3) is 0.708. The molecule has 9 heteroatoms. The molecule has 1 fully saturated rings. The first-order chi connectivity index (χ1) is 15.8. The summed E-state index contributed by atoms with van der Waals surface area (Å²) in [4.78, 5) is 15.0. The average molecular weight is 484 g/mol. The van der Waals surface area contributed by atoms with E-state index in [1.807, 2.05) is 38.1 Å². The first-order valence-corrected chi connectivity index (χ1v) is 13.6. The minimum atomic E-state index is -3.28. The van der Waals surface area contributed by atoms with E-state index in [4.69, 9.17) is 9.47 Å². The smallest absolute Gasteiger partial charge is 0.227 e. The molecule has 0 atom stereocenters. The molecule has 8 nitrogen and oxygen atoms in total. The van der Waals surface area contributed by atoms with E-state index in [1.165, 1.54) is 0 Å². The van der Waals surface area contributed by atoms with Crippen molar-refractivity contribution in [2.75, 3.05) is 49.7 Å². The van der Waals surface area contributed by atoms with Crippen LogP contribution in [0.5, 0.6) is 0 Å². The topological polar surface area (TPSA) is 97.0 Å². The van der Waals surface area contributed by atoms with Crippen molar-refractivity contribution < 1.29 is 22.7 Å². The van der Waals surface area contributed by atoms with Gasteiger partial charge in [-0.1, -0.05) is 0 Å². The number of rotatable bonds is 14. The van der Waals surface area contributed by atoms with Crippen LogP contribution >= 0.6 is 0 Å². The van der Waals surface area contributed by atoms with E-state index in [9.17, 15) is 13.2 Å². The van der Waals surface area contributed by atoms with Crippen LogP contribution < -0.4 is 14.9 Å². The van der Waals surface area contributed by atoms with Crippen molar-refractivity contribution in [1.29, 1.82) is 0 Å². The summed E-state index contributed by atoms with van der Waals surface area (Å²) in [6.45, 7) is 11.5. The summed E-state index contributed by atoms with van der Waals surface area (Å²) in [5, 5.41) is 2.57. The molecular formula is C24H41N3O5S. The van der Waals surface area contributed by atoms with E-state index in [1.54, 1.807) is 13.8 Å². The summed E-state index contributed by atoms with van der Waals surface area (Å²) in [5.41, 5.74) is 1.83. The Hall–Kier alpha value is -1.68. The van der Waals surface area contributed by atoms with Crippen LogP contribution in [0.25, 0.3) is 0 Å². The predicted octanol–water partition coefficient (Wildman–Crippen LogP) is 3.39. The molecule has 1 aromatic rings. The van der Waals surface area contributed by atoms with Crippen LogP contribution in [0, 0.1) is 5.92 Å². The van der Waals surface area contributed by atoms with E-state index in [0.717, 1.165) is 24.5 Å². The molecule has 0 unspecified atom stereocenters. The van der Waals surface area contributed by atoms with E-state index >= 15 is 0 Å². The Balaban J connectivity index is 1.87. The molecular weight excluding hydrogens is 442 g/mol. The summed E-state index contributed by atoms with van der Waals surface area (Å²) in [5.74, 6) is -0.101. The molecule has 0 bridgehead atoms. The molecule has 0 aromatic heterocycles. The van der Waals surface area contributed by atoms with Crippen molar-refractivity contribution >= 4 is 27.3 Å². The van der Waals surface area contributed by atoms with Gasteiger partial charge in [-0.05, 0) is 77.6 Å². The number of benzene rings is 1. The molecule has 0 radical (unpaired) electrons. The van der Waals surface area contributed by atoms with Crippen LogP contribution in [0.2, 0.25) is 0 Å². The van der Waals surface area contributed by atoms with Gasteiger partial charge < -0.3 is 19.7 Å². The molecule has 1 aromatic carbocycles. The Morgan fingerprint density at radius 1 is 1.00 bits per heavy atom. The van der Waals surface area contributed by atoms with Crippen LogP contribution in [0.3, 0.4) is 0 Å². The zero-order chi connectivity index (χ0) is 24.3. The SMILES string of the molecule is CCOCCN(CCOCC)c1ccc(NC(=O)[C@H]2CC[C@H](NS(=O)(=O)C(C)C)CC2)cc1. The maximum Gasteiger partial charge on any atom is 0.227 e. The van der Waals surface area contributed by atoms with Crippen molar-refractivity contribution in [3.8, 4) is 0 Å². The second-order valence-corrected chi connectivity index (χ2v) is 10.9. The number of amides is 1. The number of nitrogens with zero attached hydrogens (tertiary/aromatic N) is 1. The van der Waals surface area contributed by atoms with Gasteiger partial charge >= 0.3 is 0 Å². The van der Waals surface area contributed by atoms with Gasteiger partial charge in [0, 0.05) is 49.6 Å². The molecule has 1 aliphatic carbocycles. The third-order valence-corrected chi connectivity index (χ3v) is 7.87. The molecule has 0 heterocycles. The molecule has 33 heavy (non-hydrogen) atoms. The van der Waals surface area contributed by atoms with Crippen molar-refractivity contribution in [3.05, 3.63) is 24.3 Å². The minimum absolute atomic E-state index is 0.00235. The van der Waals surface area contributed by atoms with E-state index < -0.39 is 15.3 Å². The van der Waals surface area contributed by atoms with Crippen LogP contribution in [0.4, 0.5) is 11.4 Å². The van der Waals surface area contributed by atoms with Crippen molar-refractivity contribution in [2.24, 2.45) is 5.92 Å². The maximum absolute atomic E-state index is 12.7. The fourth-order valence-electron chi connectivity index (χ4n) is 3.85. The van der Waals surface area contributed by atoms with Gasteiger partial charge in [0.25, 0.3) is 0 Å². The lowest BCUT2D eigenvalue weighted by atomic mass is 9.86.